The first-order chi connectivity index (χ1) is 15.1. The average Bonchev–Trinajstić information content (AvgIpc) is 2.97. The highest BCUT2D eigenvalue weighted by molar-refractivity contribution is 5.78. The lowest BCUT2D eigenvalue weighted by molar-refractivity contribution is -0.133. The highest BCUT2D eigenvalue weighted by Crippen LogP contribution is 2.13. The largest absolute Gasteiger partial charge is 0.494 e. The predicted molar refractivity (Wildman–Crippen MR) is 123 cm³/mol. The van der Waals surface area contributed by atoms with Gasteiger partial charge in [-0.25, -0.2) is 4.79 Å². The van der Waals surface area contributed by atoms with E-state index in [1.807, 2.05) is 36.1 Å². The molecule has 178 valence electrons. The van der Waals surface area contributed by atoms with Crippen LogP contribution in [0.2, 0.25) is 0 Å². The van der Waals surface area contributed by atoms with Crippen LogP contribution in [-0.4, -0.2) is 72.6 Å². The minimum Gasteiger partial charge on any atom is -0.494 e. The summed E-state index contributed by atoms with van der Waals surface area (Å²) in [6.07, 6.45) is 1.52. The molecule has 8 nitrogen and oxygen atoms in total. The van der Waals surface area contributed by atoms with Gasteiger partial charge in [0.15, 0.2) is 0 Å². The van der Waals surface area contributed by atoms with Crippen molar-refractivity contribution in [1.29, 1.82) is 0 Å². The third-order valence-corrected chi connectivity index (χ3v) is 5.03. The number of benzene rings is 1. The summed E-state index contributed by atoms with van der Waals surface area (Å²) in [4.78, 5) is 40.3. The average molecular weight is 448 g/mol. The zero-order valence-electron chi connectivity index (χ0n) is 19.8. The lowest BCUT2D eigenvalue weighted by Gasteiger charge is -2.23. The van der Waals surface area contributed by atoms with Crippen LogP contribution < -0.4 is 10.1 Å². The summed E-state index contributed by atoms with van der Waals surface area (Å²) < 4.78 is 10.9. The van der Waals surface area contributed by atoms with Crippen molar-refractivity contribution in [2.75, 3.05) is 39.3 Å². The first-order valence-corrected chi connectivity index (χ1v) is 11.4. The first kappa shape index (κ1) is 25.5. The Morgan fingerprint density at radius 1 is 0.938 bits per heavy atom. The van der Waals surface area contributed by atoms with E-state index < -0.39 is 11.7 Å². The number of rotatable bonds is 8. The first-order valence-electron chi connectivity index (χ1n) is 11.4. The van der Waals surface area contributed by atoms with E-state index in [2.05, 4.69) is 5.32 Å². The van der Waals surface area contributed by atoms with Crippen LogP contribution >= 0.6 is 0 Å². The summed E-state index contributed by atoms with van der Waals surface area (Å²) in [5, 5.41) is 2.61. The number of ether oxygens (including phenoxy) is 2. The molecule has 1 heterocycles. The summed E-state index contributed by atoms with van der Waals surface area (Å²) in [7, 11) is 0. The number of carbonyl (C=O) groups excluding carboxylic acids is 3. The molecule has 2 rings (SSSR count). The number of hydrogen-bond donors (Lipinski definition) is 1. The molecule has 0 spiro atoms. The van der Waals surface area contributed by atoms with Gasteiger partial charge in [-0.15, -0.1) is 0 Å². The molecule has 1 aromatic carbocycles. The highest BCUT2D eigenvalue weighted by Gasteiger charge is 2.22. The summed E-state index contributed by atoms with van der Waals surface area (Å²) in [6.45, 7) is 10.4. The molecular weight excluding hydrogens is 410 g/mol. The zero-order valence-corrected chi connectivity index (χ0v) is 19.8. The van der Waals surface area contributed by atoms with Crippen molar-refractivity contribution in [3.8, 4) is 5.75 Å². The van der Waals surface area contributed by atoms with Gasteiger partial charge in [-0.3, -0.25) is 9.59 Å². The molecule has 0 atom stereocenters. The van der Waals surface area contributed by atoms with Crippen LogP contribution in [0.15, 0.2) is 24.3 Å². The Hall–Kier alpha value is -2.77. The van der Waals surface area contributed by atoms with Crippen molar-refractivity contribution in [1.82, 2.24) is 15.1 Å². The van der Waals surface area contributed by atoms with Gasteiger partial charge in [-0.05, 0) is 52.7 Å². The lowest BCUT2D eigenvalue weighted by atomic mass is 10.2. The van der Waals surface area contributed by atoms with Crippen LogP contribution in [0.5, 0.6) is 5.75 Å². The molecule has 0 aliphatic carbocycles. The number of aryl methyl sites for hydroxylation is 1. The van der Waals surface area contributed by atoms with E-state index >= 15 is 0 Å². The van der Waals surface area contributed by atoms with Crippen LogP contribution in [-0.2, 0) is 14.3 Å². The van der Waals surface area contributed by atoms with E-state index in [0.717, 1.165) is 12.2 Å². The molecule has 0 bridgehead atoms. The highest BCUT2D eigenvalue weighted by atomic mass is 16.6. The van der Waals surface area contributed by atoms with Gasteiger partial charge in [0, 0.05) is 45.6 Å². The molecule has 0 aromatic heterocycles. The van der Waals surface area contributed by atoms with Crippen molar-refractivity contribution in [2.24, 2.45) is 0 Å². The van der Waals surface area contributed by atoms with Crippen LogP contribution in [0.1, 0.15) is 52.0 Å². The van der Waals surface area contributed by atoms with Crippen LogP contribution in [0.4, 0.5) is 4.79 Å². The van der Waals surface area contributed by atoms with Crippen LogP contribution in [0, 0.1) is 6.92 Å². The van der Waals surface area contributed by atoms with Gasteiger partial charge in [0.1, 0.15) is 11.4 Å². The third kappa shape index (κ3) is 9.58. The monoisotopic (exact) mass is 447 g/mol. The number of carbonyl (C=O) groups is 3. The second-order valence-electron chi connectivity index (χ2n) is 9.06. The Labute approximate surface area is 191 Å². The lowest BCUT2D eigenvalue weighted by Crippen LogP contribution is -2.39. The molecule has 0 saturated carbocycles. The molecule has 8 heteroatoms. The molecule has 32 heavy (non-hydrogen) atoms. The summed E-state index contributed by atoms with van der Waals surface area (Å²) >= 11 is 0. The minimum atomic E-state index is -0.568. The fraction of sp³-hybridized carbons (Fsp3) is 0.625. The summed E-state index contributed by atoms with van der Waals surface area (Å²) in [6, 6.07) is 7.86. The molecule has 3 amide bonds. The normalized spacial score (nSPS) is 14.5. The minimum absolute atomic E-state index is 0.0261. The Kier molecular flexibility index (Phi) is 9.81. The van der Waals surface area contributed by atoms with Gasteiger partial charge in [0.2, 0.25) is 11.8 Å². The predicted octanol–water partition coefficient (Wildman–Crippen LogP) is 3.13. The van der Waals surface area contributed by atoms with E-state index in [-0.39, 0.29) is 24.8 Å². The van der Waals surface area contributed by atoms with Crippen molar-refractivity contribution < 1.29 is 23.9 Å². The number of nitrogens with one attached hydrogen (secondary N) is 1. The maximum Gasteiger partial charge on any atom is 0.407 e. The molecule has 1 saturated heterocycles. The van der Waals surface area contributed by atoms with Crippen molar-refractivity contribution >= 4 is 17.9 Å². The van der Waals surface area contributed by atoms with E-state index in [0.29, 0.717) is 45.6 Å². The smallest absolute Gasteiger partial charge is 0.407 e. The fourth-order valence-corrected chi connectivity index (χ4v) is 3.37. The van der Waals surface area contributed by atoms with Crippen molar-refractivity contribution in [3.05, 3.63) is 29.8 Å². The Bertz CT molecular complexity index is 758. The maximum atomic E-state index is 12.5. The second-order valence-corrected chi connectivity index (χ2v) is 9.06. The van der Waals surface area contributed by atoms with E-state index in [9.17, 15) is 14.4 Å². The van der Waals surface area contributed by atoms with Gasteiger partial charge >= 0.3 is 6.09 Å². The van der Waals surface area contributed by atoms with E-state index in [1.165, 1.54) is 5.56 Å². The molecule has 0 unspecified atom stereocenters. The number of alkyl carbamates (subject to hydrolysis) is 1. The van der Waals surface area contributed by atoms with Gasteiger partial charge < -0.3 is 24.6 Å². The zero-order chi connectivity index (χ0) is 23.6. The molecular formula is C24H37N3O5. The second kappa shape index (κ2) is 12.3. The number of nitrogens with zero attached hydrogens (tertiary/aromatic N) is 2. The fourth-order valence-electron chi connectivity index (χ4n) is 3.37. The van der Waals surface area contributed by atoms with Crippen LogP contribution in [0.25, 0.3) is 0 Å². The topological polar surface area (TPSA) is 88.2 Å². The number of hydrogen-bond acceptors (Lipinski definition) is 5. The number of amides is 3. The Morgan fingerprint density at radius 2 is 1.53 bits per heavy atom. The maximum absolute atomic E-state index is 12.5. The molecule has 0 radical (unpaired) electrons. The molecule has 1 aromatic rings. The molecule has 1 N–H and O–H groups in total. The van der Waals surface area contributed by atoms with Crippen molar-refractivity contribution in [2.45, 2.75) is 59.0 Å². The third-order valence-electron chi connectivity index (χ3n) is 5.03. The quantitative estimate of drug-likeness (QED) is 0.619. The molecule has 1 aliphatic heterocycles. The summed E-state index contributed by atoms with van der Waals surface area (Å²) in [5.74, 6) is 0.883. The standard InChI is InChI=1S/C24H37N3O5/c1-19-8-10-20(11-9-19)31-18-5-7-21(28)26-14-6-15-27(17-16-26)22(29)12-13-25-23(30)32-24(2,3)4/h8-11H,5-7,12-18H2,1-4H3,(H,25,30). The van der Waals surface area contributed by atoms with E-state index in [1.54, 1.807) is 25.7 Å². The van der Waals surface area contributed by atoms with Gasteiger partial charge in [0.05, 0.1) is 6.61 Å². The Balaban J connectivity index is 1.64. The van der Waals surface area contributed by atoms with E-state index in [4.69, 9.17) is 9.47 Å². The summed E-state index contributed by atoms with van der Waals surface area (Å²) in [5.41, 5.74) is 0.613. The van der Waals surface area contributed by atoms with Gasteiger partial charge in [0.25, 0.3) is 0 Å². The van der Waals surface area contributed by atoms with Gasteiger partial charge in [-0.1, -0.05) is 17.7 Å². The van der Waals surface area contributed by atoms with Crippen LogP contribution in [0.3, 0.4) is 0 Å². The molecule has 1 aliphatic rings. The van der Waals surface area contributed by atoms with Gasteiger partial charge in [-0.2, -0.15) is 0 Å². The van der Waals surface area contributed by atoms with Crippen molar-refractivity contribution in [3.63, 3.8) is 0 Å². The Morgan fingerprint density at radius 3 is 2.12 bits per heavy atom. The molecule has 1 fully saturated rings. The SMILES string of the molecule is Cc1ccc(OCCCC(=O)N2CCCN(C(=O)CCNC(=O)OC(C)(C)C)CC2)cc1.